The second-order valence-corrected chi connectivity index (χ2v) is 5.98. The van der Waals surface area contributed by atoms with E-state index in [1.165, 1.54) is 30.5 Å². The number of ether oxygens (including phenoxy) is 2. The monoisotopic (exact) mass is 430 g/mol. The Balaban J connectivity index is 1.65. The van der Waals surface area contributed by atoms with Crippen molar-refractivity contribution in [3.8, 4) is 5.75 Å². The molecule has 2 N–H and O–H groups in total. The number of carbonyl (C=O) groups is 3. The Kier molecular flexibility index (Phi) is 8.41. The molecule has 2 rings (SSSR count). The molecule has 2 amide bonds. The molecule has 0 unspecified atom stereocenters. The van der Waals surface area contributed by atoms with Crippen LogP contribution in [0.15, 0.2) is 41.0 Å². The summed E-state index contributed by atoms with van der Waals surface area (Å²) in [5.41, 5.74) is 0.221. The molecular weight excluding hydrogens is 414 g/mol. The average Bonchev–Trinajstić information content (AvgIpc) is 3.20. The van der Waals surface area contributed by atoms with Crippen LogP contribution in [0.5, 0.6) is 5.75 Å². The number of hydrogen-bond donors (Lipinski definition) is 2. The Labute approximate surface area is 169 Å². The maximum Gasteiger partial charge on any atom is 0.387 e. The van der Waals surface area contributed by atoms with Crippen LogP contribution in [-0.2, 0) is 14.3 Å². The van der Waals surface area contributed by atoms with E-state index in [2.05, 4.69) is 15.4 Å². The van der Waals surface area contributed by atoms with E-state index in [1.807, 2.05) is 0 Å². The van der Waals surface area contributed by atoms with Crippen molar-refractivity contribution in [3.63, 3.8) is 0 Å². The lowest BCUT2D eigenvalue weighted by Gasteiger charge is -2.10. The van der Waals surface area contributed by atoms with Crippen molar-refractivity contribution in [2.24, 2.45) is 0 Å². The number of hydrogen-bond acceptors (Lipinski definition) is 6. The fraction of sp³-hybridized carbons (Fsp3) is 0.278. The molecule has 0 spiro atoms. The standard InChI is InChI=1S/C18H17ClF2N2O6/c19-12-9-11(5-6-13(12)29-18(20)21)23-15(24)10-28-16(25)4-1-7-22-17(26)14-3-2-8-27-14/h2-3,5-6,8-9,18H,1,4,7,10H2,(H,22,26)(H,23,24). The first-order valence-corrected chi connectivity index (χ1v) is 8.74. The maximum atomic E-state index is 12.2. The molecule has 29 heavy (non-hydrogen) atoms. The lowest BCUT2D eigenvalue weighted by atomic mass is 10.3. The number of benzene rings is 1. The molecule has 0 radical (unpaired) electrons. The van der Waals surface area contributed by atoms with E-state index in [4.69, 9.17) is 20.8 Å². The molecule has 1 heterocycles. The predicted octanol–water partition coefficient (Wildman–Crippen LogP) is 3.23. The molecule has 1 aromatic carbocycles. The molecule has 2 aromatic rings. The van der Waals surface area contributed by atoms with Crippen molar-refractivity contribution in [2.45, 2.75) is 19.5 Å². The van der Waals surface area contributed by atoms with Gasteiger partial charge in [0, 0.05) is 18.7 Å². The zero-order valence-electron chi connectivity index (χ0n) is 15.0. The van der Waals surface area contributed by atoms with Crippen LogP contribution in [0.1, 0.15) is 23.4 Å². The number of carbonyl (C=O) groups excluding carboxylic acids is 3. The van der Waals surface area contributed by atoms with Crippen molar-refractivity contribution in [3.05, 3.63) is 47.4 Å². The van der Waals surface area contributed by atoms with Crippen molar-refractivity contribution < 1.29 is 37.1 Å². The Morgan fingerprint density at radius 2 is 2.00 bits per heavy atom. The molecule has 1 aromatic heterocycles. The topological polar surface area (TPSA) is 107 Å². The van der Waals surface area contributed by atoms with Gasteiger partial charge in [0.25, 0.3) is 11.8 Å². The van der Waals surface area contributed by atoms with Crippen LogP contribution in [0.3, 0.4) is 0 Å². The summed E-state index contributed by atoms with van der Waals surface area (Å²) in [5.74, 6) is -1.72. The van der Waals surface area contributed by atoms with Crippen LogP contribution in [0.2, 0.25) is 5.02 Å². The van der Waals surface area contributed by atoms with Crippen molar-refractivity contribution in [2.75, 3.05) is 18.5 Å². The summed E-state index contributed by atoms with van der Waals surface area (Å²) >= 11 is 5.78. The Morgan fingerprint density at radius 3 is 2.66 bits per heavy atom. The first-order chi connectivity index (χ1) is 13.8. The molecule has 0 atom stereocenters. The second kappa shape index (κ2) is 11.0. The molecule has 11 heteroatoms. The number of furan rings is 1. The Hall–Kier alpha value is -3.14. The fourth-order valence-electron chi connectivity index (χ4n) is 2.11. The van der Waals surface area contributed by atoms with Crippen LogP contribution in [0.25, 0.3) is 0 Å². The van der Waals surface area contributed by atoms with Gasteiger partial charge in [-0.3, -0.25) is 14.4 Å². The third-order valence-electron chi connectivity index (χ3n) is 3.38. The minimum atomic E-state index is -3.02. The number of alkyl halides is 2. The number of amides is 2. The molecule has 0 fully saturated rings. The fourth-order valence-corrected chi connectivity index (χ4v) is 2.34. The summed E-state index contributed by atoms with van der Waals surface area (Å²) in [7, 11) is 0. The normalized spacial score (nSPS) is 10.5. The molecular formula is C18H17ClF2N2O6. The first-order valence-electron chi connectivity index (χ1n) is 8.36. The van der Waals surface area contributed by atoms with Gasteiger partial charge < -0.3 is 24.5 Å². The van der Waals surface area contributed by atoms with Crippen molar-refractivity contribution in [1.29, 1.82) is 0 Å². The van der Waals surface area contributed by atoms with E-state index in [0.29, 0.717) is 6.42 Å². The number of halogens is 3. The number of rotatable bonds is 10. The van der Waals surface area contributed by atoms with Crippen LogP contribution in [0.4, 0.5) is 14.5 Å². The van der Waals surface area contributed by atoms with Crippen LogP contribution >= 0.6 is 11.6 Å². The molecule has 8 nitrogen and oxygen atoms in total. The Morgan fingerprint density at radius 1 is 1.21 bits per heavy atom. The zero-order chi connectivity index (χ0) is 21.2. The van der Waals surface area contributed by atoms with E-state index in [-0.39, 0.29) is 35.2 Å². The quantitative estimate of drug-likeness (QED) is 0.442. The van der Waals surface area contributed by atoms with Gasteiger partial charge in [0.2, 0.25) is 0 Å². The van der Waals surface area contributed by atoms with Gasteiger partial charge in [-0.2, -0.15) is 8.78 Å². The first kappa shape index (κ1) is 22.2. The second-order valence-electron chi connectivity index (χ2n) is 5.57. The summed E-state index contributed by atoms with van der Waals surface area (Å²) in [6, 6.07) is 6.80. The largest absolute Gasteiger partial charge is 0.459 e. The Bertz CT molecular complexity index is 845. The lowest BCUT2D eigenvalue weighted by molar-refractivity contribution is -0.147. The highest BCUT2D eigenvalue weighted by molar-refractivity contribution is 6.32. The lowest BCUT2D eigenvalue weighted by Crippen LogP contribution is -2.25. The highest BCUT2D eigenvalue weighted by atomic mass is 35.5. The van der Waals surface area contributed by atoms with Crippen LogP contribution in [-0.4, -0.2) is 37.5 Å². The van der Waals surface area contributed by atoms with E-state index in [0.717, 1.165) is 0 Å². The summed E-state index contributed by atoms with van der Waals surface area (Å²) in [4.78, 5) is 35.0. The average molecular weight is 431 g/mol. The molecule has 0 aliphatic rings. The molecule has 0 saturated heterocycles. The van der Waals surface area contributed by atoms with E-state index in [1.54, 1.807) is 6.07 Å². The summed E-state index contributed by atoms with van der Waals surface area (Å²) in [6.45, 7) is -3.33. The molecule has 156 valence electrons. The summed E-state index contributed by atoms with van der Waals surface area (Å²) < 4.78 is 38.3. The van der Waals surface area contributed by atoms with E-state index < -0.39 is 31.0 Å². The summed E-state index contributed by atoms with van der Waals surface area (Å²) in [5, 5.41) is 4.86. The number of anilines is 1. The smallest absolute Gasteiger partial charge is 0.387 e. The highest BCUT2D eigenvalue weighted by Crippen LogP contribution is 2.28. The third-order valence-corrected chi connectivity index (χ3v) is 3.68. The van der Waals surface area contributed by atoms with E-state index >= 15 is 0 Å². The van der Waals surface area contributed by atoms with E-state index in [9.17, 15) is 23.2 Å². The van der Waals surface area contributed by atoms with Gasteiger partial charge in [-0.15, -0.1) is 0 Å². The van der Waals surface area contributed by atoms with Crippen LogP contribution in [0, 0.1) is 0 Å². The summed E-state index contributed by atoms with van der Waals surface area (Å²) in [6.07, 6.45) is 1.68. The van der Waals surface area contributed by atoms with Crippen LogP contribution < -0.4 is 15.4 Å². The minimum absolute atomic E-state index is 0.00277. The maximum absolute atomic E-state index is 12.2. The van der Waals surface area contributed by atoms with Gasteiger partial charge in [-0.05, 0) is 36.8 Å². The van der Waals surface area contributed by atoms with Gasteiger partial charge in [-0.25, -0.2) is 0 Å². The van der Waals surface area contributed by atoms with Crippen molar-refractivity contribution >= 4 is 35.1 Å². The SMILES string of the molecule is O=C(COC(=O)CCCNC(=O)c1ccco1)Nc1ccc(OC(F)F)c(Cl)c1. The molecule has 0 aliphatic carbocycles. The van der Waals surface area contributed by atoms with Gasteiger partial charge in [0.15, 0.2) is 12.4 Å². The number of esters is 1. The predicted molar refractivity (Wildman–Crippen MR) is 97.9 cm³/mol. The van der Waals surface area contributed by atoms with Gasteiger partial charge >= 0.3 is 12.6 Å². The van der Waals surface area contributed by atoms with Gasteiger partial charge in [0.1, 0.15) is 5.75 Å². The minimum Gasteiger partial charge on any atom is -0.459 e. The highest BCUT2D eigenvalue weighted by Gasteiger charge is 2.12. The zero-order valence-corrected chi connectivity index (χ0v) is 15.7. The molecule has 0 bridgehead atoms. The van der Waals surface area contributed by atoms with Gasteiger partial charge in [-0.1, -0.05) is 11.6 Å². The molecule has 0 saturated carbocycles. The third kappa shape index (κ3) is 7.78. The van der Waals surface area contributed by atoms with Gasteiger partial charge in [0.05, 0.1) is 11.3 Å². The molecule has 0 aliphatic heterocycles. The number of nitrogens with one attached hydrogen (secondary N) is 2. The van der Waals surface area contributed by atoms with Crippen molar-refractivity contribution in [1.82, 2.24) is 5.32 Å².